The van der Waals surface area contributed by atoms with Crippen molar-refractivity contribution in [1.29, 1.82) is 0 Å². The Hall–Kier alpha value is -2.59. The van der Waals surface area contributed by atoms with Gasteiger partial charge in [-0.15, -0.1) is 0 Å². The molecule has 2 aromatic carbocycles. The molecular weight excluding hydrogens is 334 g/mol. The molecule has 3 aromatic rings. The highest BCUT2D eigenvalue weighted by Gasteiger charge is 2.30. The zero-order chi connectivity index (χ0) is 18.6. The molecule has 1 aliphatic heterocycles. The van der Waals surface area contributed by atoms with E-state index in [1.165, 1.54) is 16.5 Å². The highest BCUT2D eigenvalue weighted by atomic mass is 16.1. The highest BCUT2D eigenvalue weighted by Crippen LogP contribution is 2.28. The van der Waals surface area contributed by atoms with E-state index in [-0.39, 0.29) is 11.8 Å². The van der Waals surface area contributed by atoms with Crippen molar-refractivity contribution in [2.45, 2.75) is 25.9 Å². The number of carbonyl (C=O) groups excluding carboxylic acids is 1. The Labute approximate surface area is 160 Å². The molecule has 2 heterocycles. The quantitative estimate of drug-likeness (QED) is 0.728. The van der Waals surface area contributed by atoms with Gasteiger partial charge in [0.25, 0.3) is 0 Å². The fraction of sp³-hybridized carbons (Fsp3) is 0.348. The van der Waals surface area contributed by atoms with E-state index in [2.05, 4.69) is 64.2 Å². The van der Waals surface area contributed by atoms with Crippen molar-refractivity contribution < 1.29 is 4.79 Å². The molecule has 2 N–H and O–H groups in total. The predicted molar refractivity (Wildman–Crippen MR) is 109 cm³/mol. The summed E-state index contributed by atoms with van der Waals surface area (Å²) in [4.78, 5) is 14.7. The molecule has 0 spiro atoms. The summed E-state index contributed by atoms with van der Waals surface area (Å²) in [7, 11) is 0. The van der Waals surface area contributed by atoms with Gasteiger partial charge >= 0.3 is 0 Å². The number of likely N-dealkylation sites (tertiary alicyclic amines) is 1. The van der Waals surface area contributed by atoms with Crippen LogP contribution in [-0.2, 0) is 17.9 Å². The summed E-state index contributed by atoms with van der Waals surface area (Å²) in [5.41, 5.74) is 8.34. The van der Waals surface area contributed by atoms with Crippen LogP contribution in [0.4, 0.5) is 0 Å². The first-order valence-corrected chi connectivity index (χ1v) is 9.80. The van der Waals surface area contributed by atoms with Crippen LogP contribution in [0.2, 0.25) is 0 Å². The minimum absolute atomic E-state index is 0.111. The van der Waals surface area contributed by atoms with Crippen LogP contribution in [0.25, 0.3) is 10.9 Å². The Morgan fingerprint density at radius 2 is 1.70 bits per heavy atom. The van der Waals surface area contributed by atoms with Crippen molar-refractivity contribution in [2.24, 2.45) is 17.6 Å². The molecule has 1 atom stereocenters. The molecule has 1 aromatic heterocycles. The SMILES string of the molecule is NC(=O)C(Cn1ccc2ccccc21)C1CCN(Cc2ccccc2)CC1. The Bertz CT molecular complexity index is 894. The van der Waals surface area contributed by atoms with Crippen LogP contribution in [0, 0.1) is 11.8 Å². The van der Waals surface area contributed by atoms with Crippen molar-refractivity contribution in [2.75, 3.05) is 13.1 Å². The van der Waals surface area contributed by atoms with Gasteiger partial charge in [0.2, 0.25) is 5.91 Å². The van der Waals surface area contributed by atoms with Gasteiger partial charge in [0.15, 0.2) is 0 Å². The second-order valence-corrected chi connectivity index (χ2v) is 7.63. The number of rotatable bonds is 6. The van der Waals surface area contributed by atoms with Crippen LogP contribution in [-0.4, -0.2) is 28.5 Å². The molecule has 4 nitrogen and oxygen atoms in total. The topological polar surface area (TPSA) is 51.3 Å². The van der Waals surface area contributed by atoms with Crippen LogP contribution in [0.3, 0.4) is 0 Å². The lowest BCUT2D eigenvalue weighted by Crippen LogP contribution is -2.41. The number of nitrogens with zero attached hydrogens (tertiary/aromatic N) is 2. The fourth-order valence-corrected chi connectivity index (χ4v) is 4.34. The normalized spacial score (nSPS) is 17.2. The lowest BCUT2D eigenvalue weighted by atomic mass is 9.83. The first kappa shape index (κ1) is 17.8. The number of aromatic nitrogens is 1. The van der Waals surface area contributed by atoms with Gasteiger partial charge in [-0.2, -0.15) is 0 Å². The standard InChI is InChI=1S/C23H27N3O/c24-23(27)21(17-26-15-12-20-8-4-5-9-22(20)26)19-10-13-25(14-11-19)16-18-6-2-1-3-7-18/h1-9,12,15,19,21H,10-11,13-14,16-17H2,(H2,24,27). The van der Waals surface area contributed by atoms with Gasteiger partial charge < -0.3 is 10.3 Å². The third kappa shape index (κ3) is 4.06. The van der Waals surface area contributed by atoms with E-state index in [0.29, 0.717) is 12.5 Å². The Morgan fingerprint density at radius 1 is 1.00 bits per heavy atom. The maximum atomic E-state index is 12.2. The van der Waals surface area contributed by atoms with Gasteiger partial charge in [0.1, 0.15) is 0 Å². The van der Waals surface area contributed by atoms with Crippen LogP contribution in [0.1, 0.15) is 18.4 Å². The summed E-state index contributed by atoms with van der Waals surface area (Å²) in [6.07, 6.45) is 4.13. The molecule has 1 saturated heterocycles. The summed E-state index contributed by atoms with van der Waals surface area (Å²) in [5, 5.41) is 1.21. The van der Waals surface area contributed by atoms with Gasteiger partial charge in [-0.05, 0) is 54.9 Å². The first-order valence-electron chi connectivity index (χ1n) is 9.80. The van der Waals surface area contributed by atoms with Crippen molar-refractivity contribution in [3.05, 3.63) is 72.4 Å². The lowest BCUT2D eigenvalue weighted by molar-refractivity contribution is -0.124. The number of carbonyl (C=O) groups is 1. The molecule has 4 heteroatoms. The average molecular weight is 361 g/mol. The number of nitrogens with two attached hydrogens (primary N) is 1. The maximum Gasteiger partial charge on any atom is 0.222 e. The van der Waals surface area contributed by atoms with Gasteiger partial charge in [0.05, 0.1) is 5.92 Å². The largest absolute Gasteiger partial charge is 0.369 e. The van der Waals surface area contributed by atoms with E-state index in [4.69, 9.17) is 5.73 Å². The Morgan fingerprint density at radius 3 is 2.44 bits per heavy atom. The summed E-state index contributed by atoms with van der Waals surface area (Å²) < 4.78 is 2.18. The summed E-state index contributed by atoms with van der Waals surface area (Å²) in [6, 6.07) is 21.0. The maximum absolute atomic E-state index is 12.2. The number of fused-ring (bicyclic) bond motifs is 1. The Kier molecular flexibility index (Phi) is 5.26. The van der Waals surface area contributed by atoms with Crippen LogP contribution in [0.5, 0.6) is 0 Å². The Balaban J connectivity index is 1.41. The molecule has 4 rings (SSSR count). The molecular formula is C23H27N3O. The number of piperidine rings is 1. The average Bonchev–Trinajstić information content (AvgIpc) is 3.10. The van der Waals surface area contributed by atoms with Crippen molar-refractivity contribution >= 4 is 16.8 Å². The second kappa shape index (κ2) is 7.97. The molecule has 0 bridgehead atoms. The predicted octanol–water partition coefficient (Wildman–Crippen LogP) is 3.66. The van der Waals surface area contributed by atoms with Crippen LogP contribution in [0.15, 0.2) is 66.9 Å². The van der Waals surface area contributed by atoms with E-state index < -0.39 is 0 Å². The number of hydrogen-bond acceptors (Lipinski definition) is 2. The van der Waals surface area contributed by atoms with E-state index in [9.17, 15) is 4.79 Å². The lowest BCUT2D eigenvalue weighted by Gasteiger charge is -2.35. The molecule has 0 radical (unpaired) electrons. The molecule has 0 saturated carbocycles. The van der Waals surface area contributed by atoms with Crippen molar-refractivity contribution in [3.63, 3.8) is 0 Å². The molecule has 0 aliphatic carbocycles. The minimum Gasteiger partial charge on any atom is -0.369 e. The summed E-state index contributed by atoms with van der Waals surface area (Å²) in [5.74, 6) is 0.0738. The number of para-hydroxylation sites is 1. The molecule has 1 fully saturated rings. The number of benzene rings is 2. The van der Waals surface area contributed by atoms with Crippen molar-refractivity contribution in [3.8, 4) is 0 Å². The summed E-state index contributed by atoms with van der Waals surface area (Å²) in [6.45, 7) is 3.70. The number of hydrogen-bond donors (Lipinski definition) is 1. The zero-order valence-corrected chi connectivity index (χ0v) is 15.6. The summed E-state index contributed by atoms with van der Waals surface area (Å²) >= 11 is 0. The molecule has 140 valence electrons. The van der Waals surface area contributed by atoms with Crippen LogP contribution < -0.4 is 5.73 Å². The second-order valence-electron chi connectivity index (χ2n) is 7.63. The number of primary amides is 1. The van der Waals surface area contributed by atoms with Gasteiger partial charge in [0, 0.05) is 24.8 Å². The third-order valence-electron chi connectivity index (χ3n) is 5.89. The van der Waals surface area contributed by atoms with Gasteiger partial charge in [-0.1, -0.05) is 48.5 Å². The van der Waals surface area contributed by atoms with E-state index in [1.807, 2.05) is 12.1 Å². The van der Waals surface area contributed by atoms with E-state index in [0.717, 1.165) is 32.5 Å². The van der Waals surface area contributed by atoms with Crippen LogP contribution >= 0.6 is 0 Å². The monoisotopic (exact) mass is 361 g/mol. The van der Waals surface area contributed by atoms with Crippen molar-refractivity contribution in [1.82, 2.24) is 9.47 Å². The van der Waals surface area contributed by atoms with E-state index >= 15 is 0 Å². The first-order chi connectivity index (χ1) is 13.2. The third-order valence-corrected chi connectivity index (χ3v) is 5.89. The van der Waals surface area contributed by atoms with Gasteiger partial charge in [-0.3, -0.25) is 9.69 Å². The fourth-order valence-electron chi connectivity index (χ4n) is 4.34. The molecule has 1 aliphatic rings. The molecule has 27 heavy (non-hydrogen) atoms. The minimum atomic E-state index is -0.172. The smallest absolute Gasteiger partial charge is 0.222 e. The highest BCUT2D eigenvalue weighted by molar-refractivity contribution is 5.81. The molecule has 1 unspecified atom stereocenters. The van der Waals surface area contributed by atoms with Gasteiger partial charge in [-0.25, -0.2) is 0 Å². The molecule has 1 amide bonds. The van der Waals surface area contributed by atoms with E-state index in [1.54, 1.807) is 0 Å². The zero-order valence-electron chi connectivity index (χ0n) is 15.6. The number of amides is 1.